The molecule has 0 bridgehead atoms. The highest BCUT2D eigenvalue weighted by Gasteiger charge is 2.09. The summed E-state index contributed by atoms with van der Waals surface area (Å²) in [5.74, 6) is 1.49. The van der Waals surface area contributed by atoms with Crippen LogP contribution in [0.3, 0.4) is 0 Å². The van der Waals surface area contributed by atoms with Crippen LogP contribution in [0.15, 0.2) is 18.2 Å². The second-order valence-electron chi connectivity index (χ2n) is 5.09. The number of carbonyl (C=O) groups excluding carboxylic acids is 1. The van der Waals surface area contributed by atoms with E-state index < -0.39 is 0 Å². The molecule has 0 N–H and O–H groups in total. The fourth-order valence-electron chi connectivity index (χ4n) is 1.51. The van der Waals surface area contributed by atoms with Gasteiger partial charge in [0.15, 0.2) is 5.78 Å². The Morgan fingerprint density at radius 3 is 2.35 bits per heavy atom. The van der Waals surface area contributed by atoms with Gasteiger partial charge in [-0.05, 0) is 30.0 Å². The topological polar surface area (TPSA) is 26.3 Å². The predicted molar refractivity (Wildman–Crippen MR) is 70.6 cm³/mol. The lowest BCUT2D eigenvalue weighted by molar-refractivity contribution is -0.123. The summed E-state index contributed by atoms with van der Waals surface area (Å²) in [6.45, 7) is 10.3. The van der Waals surface area contributed by atoms with Gasteiger partial charge >= 0.3 is 0 Å². The van der Waals surface area contributed by atoms with Crippen LogP contribution in [-0.4, -0.2) is 12.4 Å². The summed E-state index contributed by atoms with van der Waals surface area (Å²) in [5, 5.41) is 0. The minimum absolute atomic E-state index is 0.0326. The van der Waals surface area contributed by atoms with E-state index in [0.29, 0.717) is 5.92 Å². The van der Waals surface area contributed by atoms with Crippen molar-refractivity contribution in [2.75, 3.05) is 6.61 Å². The quantitative estimate of drug-likeness (QED) is 0.776. The monoisotopic (exact) mass is 234 g/mol. The minimum atomic E-state index is 0.0326. The highest BCUT2D eigenvalue weighted by Crippen LogP contribution is 2.23. The number of hydrogen-bond acceptors (Lipinski definition) is 2. The summed E-state index contributed by atoms with van der Waals surface area (Å²) >= 11 is 0. The second kappa shape index (κ2) is 5.85. The first-order valence-electron chi connectivity index (χ1n) is 6.18. The Hall–Kier alpha value is -1.31. The summed E-state index contributed by atoms with van der Waals surface area (Å²) in [7, 11) is 0. The van der Waals surface area contributed by atoms with Crippen molar-refractivity contribution < 1.29 is 9.53 Å². The number of rotatable bonds is 5. The molecule has 0 amide bonds. The Bertz CT molecular complexity index is 392. The second-order valence-corrected chi connectivity index (χ2v) is 5.09. The van der Waals surface area contributed by atoms with Crippen molar-refractivity contribution >= 4 is 5.78 Å². The van der Waals surface area contributed by atoms with Crippen LogP contribution in [-0.2, 0) is 4.79 Å². The smallest absolute Gasteiger partial charge is 0.172 e. The van der Waals surface area contributed by atoms with Crippen LogP contribution < -0.4 is 4.74 Å². The molecule has 2 heteroatoms. The molecule has 0 spiro atoms. The van der Waals surface area contributed by atoms with Crippen molar-refractivity contribution in [3.63, 3.8) is 0 Å². The fraction of sp³-hybridized carbons (Fsp3) is 0.533. The number of ether oxygens (including phenoxy) is 1. The fourth-order valence-corrected chi connectivity index (χ4v) is 1.51. The van der Waals surface area contributed by atoms with Crippen LogP contribution in [0.1, 0.15) is 44.7 Å². The number of hydrogen-bond donors (Lipinski definition) is 0. The molecule has 17 heavy (non-hydrogen) atoms. The molecule has 1 aromatic carbocycles. The lowest BCUT2D eigenvalue weighted by atomic mass is 10.0. The maximum absolute atomic E-state index is 11.5. The van der Waals surface area contributed by atoms with Crippen LogP contribution in [0, 0.1) is 12.8 Å². The van der Waals surface area contributed by atoms with Crippen molar-refractivity contribution in [2.45, 2.75) is 40.5 Å². The maximum atomic E-state index is 11.5. The zero-order valence-corrected chi connectivity index (χ0v) is 11.4. The molecule has 0 aliphatic heterocycles. The molecule has 1 rings (SSSR count). The van der Waals surface area contributed by atoms with Gasteiger partial charge in [-0.15, -0.1) is 0 Å². The molecule has 94 valence electrons. The van der Waals surface area contributed by atoms with E-state index in [2.05, 4.69) is 26.0 Å². The van der Waals surface area contributed by atoms with Gasteiger partial charge in [0, 0.05) is 5.92 Å². The normalized spacial score (nSPS) is 11.0. The van der Waals surface area contributed by atoms with Gasteiger partial charge in [0.25, 0.3) is 0 Å². The highest BCUT2D eigenvalue weighted by atomic mass is 16.5. The number of aryl methyl sites for hydroxylation is 1. The van der Waals surface area contributed by atoms with Gasteiger partial charge < -0.3 is 4.74 Å². The van der Waals surface area contributed by atoms with Crippen LogP contribution in [0.5, 0.6) is 5.75 Å². The van der Waals surface area contributed by atoms with Gasteiger partial charge in [0.2, 0.25) is 0 Å². The number of carbonyl (C=O) groups is 1. The number of benzene rings is 1. The lowest BCUT2D eigenvalue weighted by Crippen LogP contribution is -2.17. The average molecular weight is 234 g/mol. The van der Waals surface area contributed by atoms with E-state index in [1.54, 1.807) is 0 Å². The van der Waals surface area contributed by atoms with Crippen LogP contribution in [0.4, 0.5) is 0 Å². The van der Waals surface area contributed by atoms with Crippen molar-refractivity contribution in [3.05, 3.63) is 29.3 Å². The van der Waals surface area contributed by atoms with E-state index >= 15 is 0 Å². The molecule has 0 aliphatic carbocycles. The van der Waals surface area contributed by atoms with Crippen LogP contribution in [0.2, 0.25) is 0 Å². The van der Waals surface area contributed by atoms with Gasteiger partial charge in [-0.3, -0.25) is 4.79 Å². The van der Waals surface area contributed by atoms with Crippen molar-refractivity contribution in [1.29, 1.82) is 0 Å². The molecule has 0 atom stereocenters. The third kappa shape index (κ3) is 3.88. The molecule has 1 aromatic rings. The van der Waals surface area contributed by atoms with Gasteiger partial charge in [-0.25, -0.2) is 0 Å². The summed E-state index contributed by atoms with van der Waals surface area (Å²) in [6.07, 6.45) is 0. The molecule has 2 nitrogen and oxygen atoms in total. The average Bonchev–Trinajstić information content (AvgIpc) is 2.26. The number of Topliss-reactive ketones (excluding diaryl/α,β-unsaturated/α-hetero) is 1. The zero-order chi connectivity index (χ0) is 13.0. The third-order valence-corrected chi connectivity index (χ3v) is 2.88. The van der Waals surface area contributed by atoms with E-state index in [1.165, 1.54) is 5.56 Å². The molecule has 0 heterocycles. The molecule has 0 unspecified atom stereocenters. The van der Waals surface area contributed by atoms with Crippen molar-refractivity contribution in [3.8, 4) is 5.75 Å². The minimum Gasteiger partial charge on any atom is -0.486 e. The Labute approximate surface area is 104 Å². The first kappa shape index (κ1) is 13.8. The SMILES string of the molecule is Cc1cc(C(C)C)ccc1OCC(=O)C(C)C. The zero-order valence-electron chi connectivity index (χ0n) is 11.4. The highest BCUT2D eigenvalue weighted by molar-refractivity contribution is 5.81. The van der Waals surface area contributed by atoms with Crippen molar-refractivity contribution in [1.82, 2.24) is 0 Å². The third-order valence-electron chi connectivity index (χ3n) is 2.88. The standard InChI is InChI=1S/C15H22O2/c1-10(2)13-6-7-15(12(5)8-13)17-9-14(16)11(3)4/h6-8,10-11H,9H2,1-5H3. The number of ketones is 1. The first-order valence-corrected chi connectivity index (χ1v) is 6.18. The molecular weight excluding hydrogens is 212 g/mol. The van der Waals surface area contributed by atoms with Gasteiger partial charge in [-0.1, -0.05) is 39.8 Å². The summed E-state index contributed by atoms with van der Waals surface area (Å²) in [4.78, 5) is 11.5. The van der Waals surface area contributed by atoms with Crippen molar-refractivity contribution in [2.24, 2.45) is 5.92 Å². The molecule has 0 saturated heterocycles. The van der Waals surface area contributed by atoms with Gasteiger partial charge in [0.05, 0.1) is 0 Å². The van der Waals surface area contributed by atoms with Crippen LogP contribution in [0.25, 0.3) is 0 Å². The Balaban J connectivity index is 2.70. The van der Waals surface area contributed by atoms with Crippen LogP contribution >= 0.6 is 0 Å². The predicted octanol–water partition coefficient (Wildman–Crippen LogP) is 3.72. The molecule has 0 fully saturated rings. The lowest BCUT2D eigenvalue weighted by Gasteiger charge is -2.12. The molecule has 0 radical (unpaired) electrons. The van der Waals surface area contributed by atoms with E-state index in [4.69, 9.17) is 4.74 Å². The largest absolute Gasteiger partial charge is 0.486 e. The molecule has 0 aromatic heterocycles. The first-order chi connectivity index (χ1) is 7.91. The van der Waals surface area contributed by atoms with E-state index in [0.717, 1.165) is 11.3 Å². The molecule has 0 saturated carbocycles. The van der Waals surface area contributed by atoms with Gasteiger partial charge in [-0.2, -0.15) is 0 Å². The summed E-state index contributed by atoms with van der Waals surface area (Å²) < 4.78 is 5.55. The Kier molecular flexibility index (Phi) is 4.73. The van der Waals surface area contributed by atoms with Gasteiger partial charge in [0.1, 0.15) is 12.4 Å². The maximum Gasteiger partial charge on any atom is 0.172 e. The Morgan fingerprint density at radius 1 is 1.24 bits per heavy atom. The van der Waals surface area contributed by atoms with E-state index in [-0.39, 0.29) is 18.3 Å². The molecule has 0 aliphatic rings. The Morgan fingerprint density at radius 2 is 1.88 bits per heavy atom. The molecular formula is C15H22O2. The summed E-state index contributed by atoms with van der Waals surface area (Å²) in [6, 6.07) is 6.14. The van der Waals surface area contributed by atoms with E-state index in [1.807, 2.05) is 26.8 Å². The summed E-state index contributed by atoms with van der Waals surface area (Å²) in [5.41, 5.74) is 2.39. The van der Waals surface area contributed by atoms with E-state index in [9.17, 15) is 4.79 Å².